The summed E-state index contributed by atoms with van der Waals surface area (Å²) in [7, 11) is 1.41. The summed E-state index contributed by atoms with van der Waals surface area (Å²) in [6, 6.07) is 6.69. The Labute approximate surface area is 92.4 Å². The van der Waals surface area contributed by atoms with Crippen molar-refractivity contribution < 1.29 is 19.4 Å². The van der Waals surface area contributed by atoms with Crippen LogP contribution in [0.25, 0.3) is 0 Å². The number of ether oxygens (including phenoxy) is 2. The number of hydrogen-bond donors (Lipinski definition) is 1. The monoisotopic (exact) mass is 230 g/mol. The van der Waals surface area contributed by atoms with Gasteiger partial charge in [0, 0.05) is 7.11 Å². The Morgan fingerprint density at radius 1 is 1.53 bits per heavy atom. The molecule has 0 aliphatic carbocycles. The molecule has 0 spiro atoms. The van der Waals surface area contributed by atoms with E-state index in [2.05, 4.69) is 0 Å². The molecular weight excluding hydrogens is 220 g/mol. The molecule has 0 saturated carbocycles. The van der Waals surface area contributed by atoms with Crippen LogP contribution in [-0.2, 0) is 9.53 Å². The third-order valence-corrected chi connectivity index (χ3v) is 2.01. The van der Waals surface area contributed by atoms with Crippen molar-refractivity contribution in [2.75, 3.05) is 13.7 Å². The number of carbonyl (C=O) groups is 1. The second kappa shape index (κ2) is 5.58. The second-order valence-electron chi connectivity index (χ2n) is 2.83. The summed E-state index contributed by atoms with van der Waals surface area (Å²) in [4.78, 5) is 10.8. The molecule has 0 amide bonds. The number of rotatable bonds is 5. The third-order valence-electron chi connectivity index (χ3n) is 1.70. The molecule has 1 unspecified atom stereocenters. The zero-order valence-electron chi connectivity index (χ0n) is 8.14. The Balaban J connectivity index is 2.74. The third kappa shape index (κ3) is 3.42. The van der Waals surface area contributed by atoms with Gasteiger partial charge < -0.3 is 14.6 Å². The summed E-state index contributed by atoms with van der Waals surface area (Å²) < 4.78 is 9.92. The van der Waals surface area contributed by atoms with E-state index in [9.17, 15) is 4.79 Å². The van der Waals surface area contributed by atoms with Gasteiger partial charge in [-0.15, -0.1) is 0 Å². The smallest absolute Gasteiger partial charge is 0.347 e. The van der Waals surface area contributed by atoms with Crippen molar-refractivity contribution in [3.05, 3.63) is 29.3 Å². The van der Waals surface area contributed by atoms with E-state index in [1.807, 2.05) is 0 Å². The molecule has 0 bridgehead atoms. The van der Waals surface area contributed by atoms with Crippen molar-refractivity contribution in [2.24, 2.45) is 0 Å². The van der Waals surface area contributed by atoms with Gasteiger partial charge in [0.1, 0.15) is 5.75 Å². The van der Waals surface area contributed by atoms with Crippen LogP contribution in [0.15, 0.2) is 24.3 Å². The first kappa shape index (κ1) is 11.8. The minimum atomic E-state index is -1.09. The maximum Gasteiger partial charge on any atom is 0.347 e. The van der Waals surface area contributed by atoms with E-state index < -0.39 is 12.1 Å². The highest BCUT2D eigenvalue weighted by Crippen LogP contribution is 2.24. The first-order valence-corrected chi connectivity index (χ1v) is 4.66. The normalized spacial score (nSPS) is 12.1. The molecular formula is C10H11ClO4. The maximum absolute atomic E-state index is 10.8. The summed E-state index contributed by atoms with van der Waals surface area (Å²) in [6.07, 6.45) is -1.05. The SMILES string of the molecule is COCC(Oc1ccccc1Cl)C(=O)O. The van der Waals surface area contributed by atoms with E-state index in [1.165, 1.54) is 7.11 Å². The van der Waals surface area contributed by atoms with Crippen molar-refractivity contribution in [1.29, 1.82) is 0 Å². The zero-order valence-corrected chi connectivity index (χ0v) is 8.90. The molecule has 0 fully saturated rings. The van der Waals surface area contributed by atoms with Crippen molar-refractivity contribution in [1.82, 2.24) is 0 Å². The van der Waals surface area contributed by atoms with Crippen LogP contribution in [0.2, 0.25) is 5.02 Å². The summed E-state index contributed by atoms with van der Waals surface area (Å²) in [5, 5.41) is 9.18. The lowest BCUT2D eigenvalue weighted by atomic mass is 10.3. The lowest BCUT2D eigenvalue weighted by Crippen LogP contribution is -2.31. The minimum Gasteiger partial charge on any atom is -0.478 e. The summed E-state index contributed by atoms with van der Waals surface area (Å²) >= 11 is 5.81. The molecule has 0 aromatic heterocycles. The van der Waals surface area contributed by atoms with Gasteiger partial charge in [-0.05, 0) is 12.1 Å². The fourth-order valence-electron chi connectivity index (χ4n) is 1.00. The maximum atomic E-state index is 10.8. The number of carboxylic acid groups (broad SMARTS) is 1. The molecule has 82 valence electrons. The highest BCUT2D eigenvalue weighted by molar-refractivity contribution is 6.32. The Kier molecular flexibility index (Phi) is 4.39. The average molecular weight is 231 g/mol. The summed E-state index contributed by atoms with van der Waals surface area (Å²) in [5.74, 6) is -0.750. The number of benzene rings is 1. The standard InChI is InChI=1S/C10H11ClO4/c1-14-6-9(10(12)13)15-8-5-3-2-4-7(8)11/h2-5,9H,6H2,1H3,(H,12,13). The van der Waals surface area contributed by atoms with Crippen molar-refractivity contribution >= 4 is 17.6 Å². The molecule has 1 atom stereocenters. The topological polar surface area (TPSA) is 55.8 Å². The number of methoxy groups -OCH3 is 1. The van der Waals surface area contributed by atoms with Gasteiger partial charge in [0.15, 0.2) is 0 Å². The first-order chi connectivity index (χ1) is 7.15. The van der Waals surface area contributed by atoms with Gasteiger partial charge in [0.25, 0.3) is 0 Å². The zero-order chi connectivity index (χ0) is 11.3. The predicted molar refractivity (Wildman–Crippen MR) is 55.4 cm³/mol. The molecule has 0 aliphatic heterocycles. The van der Waals surface area contributed by atoms with E-state index >= 15 is 0 Å². The largest absolute Gasteiger partial charge is 0.478 e. The van der Waals surface area contributed by atoms with Crippen LogP contribution >= 0.6 is 11.6 Å². The highest BCUT2D eigenvalue weighted by atomic mass is 35.5. The number of halogens is 1. The number of carboxylic acids is 1. The van der Waals surface area contributed by atoms with Gasteiger partial charge in [-0.3, -0.25) is 0 Å². The van der Waals surface area contributed by atoms with Crippen molar-refractivity contribution in [3.8, 4) is 5.75 Å². The van der Waals surface area contributed by atoms with E-state index in [0.717, 1.165) is 0 Å². The van der Waals surface area contributed by atoms with Crippen LogP contribution in [0.5, 0.6) is 5.75 Å². The van der Waals surface area contributed by atoms with Crippen molar-refractivity contribution in [3.63, 3.8) is 0 Å². The van der Waals surface area contributed by atoms with Gasteiger partial charge in [-0.25, -0.2) is 4.79 Å². The lowest BCUT2D eigenvalue weighted by Gasteiger charge is -2.14. The summed E-state index contributed by atoms with van der Waals surface area (Å²) in [5.41, 5.74) is 0. The Morgan fingerprint density at radius 2 is 2.20 bits per heavy atom. The number of para-hydroxylation sites is 1. The highest BCUT2D eigenvalue weighted by Gasteiger charge is 2.19. The molecule has 0 saturated heterocycles. The molecule has 0 radical (unpaired) electrons. The van der Waals surface area contributed by atoms with Crippen LogP contribution in [0.1, 0.15) is 0 Å². The molecule has 1 rings (SSSR count). The van der Waals surface area contributed by atoms with E-state index in [1.54, 1.807) is 24.3 Å². The van der Waals surface area contributed by atoms with Gasteiger partial charge >= 0.3 is 5.97 Å². The van der Waals surface area contributed by atoms with Gasteiger partial charge in [0.05, 0.1) is 11.6 Å². The second-order valence-corrected chi connectivity index (χ2v) is 3.24. The molecule has 4 nitrogen and oxygen atoms in total. The van der Waals surface area contributed by atoms with E-state index in [-0.39, 0.29) is 6.61 Å². The lowest BCUT2D eigenvalue weighted by molar-refractivity contribution is -0.147. The Hall–Kier alpha value is -1.26. The van der Waals surface area contributed by atoms with Crippen molar-refractivity contribution in [2.45, 2.75) is 6.10 Å². The minimum absolute atomic E-state index is 0.0272. The molecule has 0 aliphatic rings. The molecule has 1 N–H and O–H groups in total. The molecule has 1 aromatic rings. The van der Waals surface area contributed by atoms with Crippen LogP contribution in [0.4, 0.5) is 0 Å². The molecule has 5 heteroatoms. The van der Waals surface area contributed by atoms with Gasteiger partial charge in [-0.2, -0.15) is 0 Å². The Morgan fingerprint density at radius 3 is 2.73 bits per heavy atom. The fraction of sp³-hybridized carbons (Fsp3) is 0.300. The van der Waals surface area contributed by atoms with Crippen LogP contribution in [0, 0.1) is 0 Å². The van der Waals surface area contributed by atoms with E-state index in [0.29, 0.717) is 10.8 Å². The van der Waals surface area contributed by atoms with Crippen LogP contribution < -0.4 is 4.74 Å². The first-order valence-electron chi connectivity index (χ1n) is 4.28. The van der Waals surface area contributed by atoms with Crippen LogP contribution in [-0.4, -0.2) is 30.9 Å². The van der Waals surface area contributed by atoms with E-state index in [4.69, 9.17) is 26.2 Å². The number of aliphatic carboxylic acids is 1. The molecule has 0 heterocycles. The fourth-order valence-corrected chi connectivity index (χ4v) is 1.18. The molecule has 1 aromatic carbocycles. The van der Waals surface area contributed by atoms with Gasteiger partial charge in [-0.1, -0.05) is 23.7 Å². The number of hydrogen-bond acceptors (Lipinski definition) is 3. The van der Waals surface area contributed by atoms with Crippen LogP contribution in [0.3, 0.4) is 0 Å². The molecule has 15 heavy (non-hydrogen) atoms. The quantitative estimate of drug-likeness (QED) is 0.838. The summed E-state index contributed by atoms with van der Waals surface area (Å²) in [6.45, 7) is -0.0272. The average Bonchev–Trinajstić information content (AvgIpc) is 2.20. The predicted octanol–water partition coefficient (Wildman–Crippen LogP) is 1.82. The van der Waals surface area contributed by atoms with Gasteiger partial charge in [0.2, 0.25) is 6.10 Å². The Bertz CT molecular complexity index is 340.